The number of hydrogen-bond donors (Lipinski definition) is 1. The maximum atomic E-state index is 4.87. The highest BCUT2D eigenvalue weighted by Gasteiger charge is 2.25. The van der Waals surface area contributed by atoms with Gasteiger partial charge >= 0.3 is 0 Å². The lowest BCUT2D eigenvalue weighted by Crippen LogP contribution is -2.33. The number of hydrogen-bond acceptors (Lipinski definition) is 4. The summed E-state index contributed by atoms with van der Waals surface area (Å²) in [6.07, 6.45) is 13.1. The molecule has 0 saturated carbocycles. The van der Waals surface area contributed by atoms with E-state index in [1.807, 2.05) is 36.5 Å². The summed E-state index contributed by atoms with van der Waals surface area (Å²) in [4.78, 5) is 13.9. The second kappa shape index (κ2) is 7.36. The predicted octanol–water partition coefficient (Wildman–Crippen LogP) is 3.50. The lowest BCUT2D eigenvalue weighted by molar-refractivity contribution is 0.642. The number of allylic oxidation sites excluding steroid dienone is 2. The fraction of sp³-hybridized carbons (Fsp3) is 0.190. The number of pyridine rings is 1. The highest BCUT2D eigenvalue weighted by molar-refractivity contribution is 6.13. The van der Waals surface area contributed by atoms with E-state index in [2.05, 4.69) is 46.7 Å². The Labute approximate surface area is 147 Å². The first-order chi connectivity index (χ1) is 12.4. The summed E-state index contributed by atoms with van der Waals surface area (Å²) in [6, 6.07) is 14.6. The van der Waals surface area contributed by atoms with Crippen LogP contribution < -0.4 is 5.32 Å². The average molecular weight is 328 g/mol. The van der Waals surface area contributed by atoms with Crippen LogP contribution in [0.2, 0.25) is 0 Å². The van der Waals surface area contributed by atoms with Crippen LogP contribution in [-0.4, -0.2) is 29.1 Å². The third-order valence-electron chi connectivity index (χ3n) is 4.38. The molecule has 1 aliphatic heterocycles. The molecule has 0 radical (unpaired) electrons. The van der Waals surface area contributed by atoms with E-state index < -0.39 is 0 Å². The fourth-order valence-electron chi connectivity index (χ4n) is 3.06. The Bertz CT molecular complexity index is 835. The third kappa shape index (κ3) is 3.64. The molecule has 0 saturated heterocycles. The van der Waals surface area contributed by atoms with Crippen molar-refractivity contribution < 1.29 is 0 Å². The van der Waals surface area contributed by atoms with E-state index in [9.17, 15) is 0 Å². The van der Waals surface area contributed by atoms with Crippen LogP contribution in [0.15, 0.2) is 89.1 Å². The molecule has 1 N–H and O–H groups in total. The normalized spacial score (nSPS) is 21.9. The van der Waals surface area contributed by atoms with E-state index in [1.54, 1.807) is 6.20 Å². The smallest absolute Gasteiger partial charge is 0.157 e. The zero-order valence-electron chi connectivity index (χ0n) is 13.9. The quantitative estimate of drug-likeness (QED) is 0.913. The highest BCUT2D eigenvalue weighted by Crippen LogP contribution is 2.26. The summed E-state index contributed by atoms with van der Waals surface area (Å²) < 4.78 is 0. The molecule has 0 fully saturated rings. The molecule has 1 aromatic heterocycles. The lowest BCUT2D eigenvalue weighted by atomic mass is 10.0. The predicted molar refractivity (Wildman–Crippen MR) is 102 cm³/mol. The van der Waals surface area contributed by atoms with Crippen molar-refractivity contribution in [2.75, 3.05) is 6.54 Å². The van der Waals surface area contributed by atoms with Crippen LogP contribution in [0.25, 0.3) is 0 Å². The Morgan fingerprint density at radius 3 is 2.72 bits per heavy atom. The van der Waals surface area contributed by atoms with Gasteiger partial charge in [0.05, 0.1) is 5.71 Å². The van der Waals surface area contributed by atoms with Crippen molar-refractivity contribution in [3.05, 3.63) is 90.3 Å². The second-order valence-electron chi connectivity index (χ2n) is 6.15. The number of rotatable bonds is 5. The average Bonchev–Trinajstić information content (AvgIpc) is 3.13. The van der Waals surface area contributed by atoms with Gasteiger partial charge in [0, 0.05) is 30.5 Å². The van der Waals surface area contributed by atoms with E-state index >= 15 is 0 Å². The van der Waals surface area contributed by atoms with E-state index in [4.69, 9.17) is 9.98 Å². The van der Waals surface area contributed by atoms with Crippen molar-refractivity contribution in [3.63, 3.8) is 0 Å². The Balaban J connectivity index is 1.58. The standard InChI is InChI=1S/C21H20N4/c1-3-8-16(9-4-1)20-19(15-23-18-11-5-2-6-12-18)24-21(25-20)17-10-7-13-22-14-17/h1-11,13-14,18,20,23H,12,15H2. The molecular weight excluding hydrogens is 308 g/mol. The maximum Gasteiger partial charge on any atom is 0.157 e. The molecule has 2 aromatic rings. The zero-order chi connectivity index (χ0) is 16.9. The number of aliphatic imine (C=N–C) groups is 2. The molecule has 0 bridgehead atoms. The number of nitrogens with zero attached hydrogens (tertiary/aromatic N) is 3. The highest BCUT2D eigenvalue weighted by atomic mass is 15.1. The molecule has 2 atom stereocenters. The van der Waals surface area contributed by atoms with Gasteiger partial charge in [-0.2, -0.15) is 0 Å². The summed E-state index contributed by atoms with van der Waals surface area (Å²) in [5.74, 6) is 0.762. The van der Waals surface area contributed by atoms with Gasteiger partial charge in [0.25, 0.3) is 0 Å². The van der Waals surface area contributed by atoms with E-state index in [0.717, 1.165) is 30.1 Å². The third-order valence-corrected chi connectivity index (χ3v) is 4.38. The first-order valence-electron chi connectivity index (χ1n) is 8.57. The van der Waals surface area contributed by atoms with Crippen LogP contribution in [0.1, 0.15) is 23.6 Å². The van der Waals surface area contributed by atoms with Gasteiger partial charge in [-0.25, -0.2) is 4.99 Å². The van der Waals surface area contributed by atoms with Crippen LogP contribution >= 0.6 is 0 Å². The van der Waals surface area contributed by atoms with Crippen molar-refractivity contribution in [1.82, 2.24) is 10.3 Å². The molecule has 4 nitrogen and oxygen atoms in total. The molecular formula is C21H20N4. The SMILES string of the molecule is C1=CCC(NCC2=NC(c3cccnc3)=NC2c2ccccc2)C=C1. The summed E-state index contributed by atoms with van der Waals surface area (Å²) in [7, 11) is 0. The van der Waals surface area contributed by atoms with Crippen molar-refractivity contribution >= 4 is 11.5 Å². The molecule has 4 heteroatoms. The van der Waals surface area contributed by atoms with Crippen molar-refractivity contribution in [3.8, 4) is 0 Å². The van der Waals surface area contributed by atoms with Crippen molar-refractivity contribution in [2.24, 2.45) is 9.98 Å². The first-order valence-corrected chi connectivity index (χ1v) is 8.57. The Morgan fingerprint density at radius 1 is 1.04 bits per heavy atom. The lowest BCUT2D eigenvalue weighted by Gasteiger charge is -2.17. The Kier molecular flexibility index (Phi) is 4.61. The molecule has 25 heavy (non-hydrogen) atoms. The Morgan fingerprint density at radius 2 is 1.96 bits per heavy atom. The summed E-state index contributed by atoms with van der Waals surface area (Å²) in [5.41, 5.74) is 3.17. The van der Waals surface area contributed by atoms with Gasteiger partial charge in [-0.15, -0.1) is 0 Å². The monoisotopic (exact) mass is 328 g/mol. The summed E-state index contributed by atoms with van der Waals surface area (Å²) in [6.45, 7) is 0.718. The van der Waals surface area contributed by atoms with Crippen LogP contribution in [0, 0.1) is 0 Å². The van der Waals surface area contributed by atoms with Crippen molar-refractivity contribution in [2.45, 2.75) is 18.5 Å². The van der Waals surface area contributed by atoms with Gasteiger partial charge in [-0.05, 0) is 24.1 Å². The maximum absolute atomic E-state index is 4.87. The van der Waals surface area contributed by atoms with Crippen LogP contribution in [0.3, 0.4) is 0 Å². The molecule has 1 aromatic carbocycles. The Hall–Kier alpha value is -2.85. The van der Waals surface area contributed by atoms with Gasteiger partial charge < -0.3 is 5.32 Å². The van der Waals surface area contributed by atoms with E-state index in [-0.39, 0.29) is 6.04 Å². The molecule has 2 aliphatic rings. The van der Waals surface area contributed by atoms with Gasteiger partial charge in [0.2, 0.25) is 0 Å². The number of nitrogens with one attached hydrogen (secondary N) is 1. The molecule has 1 aliphatic carbocycles. The van der Waals surface area contributed by atoms with Gasteiger partial charge in [-0.1, -0.05) is 54.6 Å². The second-order valence-corrected chi connectivity index (χ2v) is 6.15. The van der Waals surface area contributed by atoms with Crippen LogP contribution in [0.5, 0.6) is 0 Å². The minimum absolute atomic E-state index is 0.0352. The number of amidine groups is 1. The largest absolute Gasteiger partial charge is 0.305 e. The molecule has 0 amide bonds. The molecule has 124 valence electrons. The van der Waals surface area contributed by atoms with Crippen molar-refractivity contribution in [1.29, 1.82) is 0 Å². The molecule has 4 rings (SSSR count). The van der Waals surface area contributed by atoms with Gasteiger partial charge in [-0.3, -0.25) is 9.98 Å². The number of benzene rings is 1. The van der Waals surface area contributed by atoms with Gasteiger partial charge in [0.15, 0.2) is 5.84 Å². The summed E-state index contributed by atoms with van der Waals surface area (Å²) >= 11 is 0. The summed E-state index contributed by atoms with van der Waals surface area (Å²) in [5, 5.41) is 3.58. The zero-order valence-corrected chi connectivity index (χ0v) is 13.9. The topological polar surface area (TPSA) is 49.6 Å². The minimum atomic E-state index is -0.0352. The van der Waals surface area contributed by atoms with E-state index in [1.165, 1.54) is 5.56 Å². The first kappa shape index (κ1) is 15.7. The minimum Gasteiger partial charge on any atom is -0.305 e. The number of aromatic nitrogens is 1. The van der Waals surface area contributed by atoms with Crippen LogP contribution in [-0.2, 0) is 0 Å². The molecule has 2 unspecified atom stereocenters. The molecule has 2 heterocycles. The fourth-order valence-corrected chi connectivity index (χ4v) is 3.06. The molecule has 0 spiro atoms. The van der Waals surface area contributed by atoms with E-state index in [0.29, 0.717) is 6.04 Å². The van der Waals surface area contributed by atoms with Crippen LogP contribution in [0.4, 0.5) is 0 Å². The van der Waals surface area contributed by atoms with Gasteiger partial charge in [0.1, 0.15) is 6.04 Å².